The minimum Gasteiger partial charge on any atom is -0.244 e. The molecule has 0 spiro atoms. The number of rotatable bonds is 0. The number of hydrogen-bond acceptors (Lipinski definition) is 3. The van der Waals surface area contributed by atoms with E-state index in [2.05, 4.69) is 10.1 Å². The molecule has 10 heavy (non-hydrogen) atoms. The van der Waals surface area contributed by atoms with Crippen molar-refractivity contribution in [2.45, 2.75) is 13.8 Å². The molecule has 0 saturated carbocycles. The van der Waals surface area contributed by atoms with Crippen LogP contribution in [-0.2, 0) is 7.05 Å². The van der Waals surface area contributed by atoms with Gasteiger partial charge >= 0.3 is 5.69 Å². The van der Waals surface area contributed by atoms with Crippen LogP contribution >= 0.6 is 0 Å². The fourth-order valence-corrected chi connectivity index (χ4v) is 0.637. The average Bonchev–Trinajstić information content (AvgIpc) is 1.84. The quantitative estimate of drug-likeness (QED) is 0.499. The van der Waals surface area contributed by atoms with Crippen LogP contribution < -0.4 is 5.69 Å². The van der Waals surface area contributed by atoms with Gasteiger partial charge in [0.05, 0.1) is 11.4 Å². The first-order valence-corrected chi connectivity index (χ1v) is 3.00. The Kier molecular flexibility index (Phi) is 1.53. The molecule has 1 aromatic heterocycles. The summed E-state index contributed by atoms with van der Waals surface area (Å²) in [5, 5.41) is 3.91. The lowest BCUT2D eigenvalue weighted by atomic mass is 10.4. The summed E-state index contributed by atoms with van der Waals surface area (Å²) in [6, 6.07) is 0. The van der Waals surface area contributed by atoms with Crippen molar-refractivity contribution in [1.82, 2.24) is 14.8 Å². The van der Waals surface area contributed by atoms with Crippen LogP contribution in [0.15, 0.2) is 4.79 Å². The van der Waals surface area contributed by atoms with E-state index in [1.807, 2.05) is 6.92 Å². The summed E-state index contributed by atoms with van der Waals surface area (Å²) in [5.74, 6) is 0. The third-order valence-electron chi connectivity index (χ3n) is 1.36. The second kappa shape index (κ2) is 2.21. The van der Waals surface area contributed by atoms with Crippen LogP contribution in [0, 0.1) is 13.8 Å². The maximum atomic E-state index is 10.8. The number of nitrogens with zero attached hydrogens (tertiary/aromatic N) is 3. The Balaban J connectivity index is 3.43. The molecule has 4 nitrogen and oxygen atoms in total. The fraction of sp³-hybridized carbons (Fsp3) is 0.500. The molecule has 1 rings (SSSR count). The minimum atomic E-state index is -0.303. The van der Waals surface area contributed by atoms with Crippen LogP contribution in [-0.4, -0.2) is 14.8 Å². The summed E-state index contributed by atoms with van der Waals surface area (Å²) in [5.41, 5.74) is 1.19. The van der Waals surface area contributed by atoms with E-state index in [1.54, 1.807) is 14.0 Å². The maximum absolute atomic E-state index is 10.8. The molecular formula is C6H9N3O. The standard InChI is InChI=1S/C6H9N3O/c1-4-5(2)8-9(3)6(10)7-4/h1-3H3. The second-order valence-corrected chi connectivity index (χ2v) is 2.19. The first-order chi connectivity index (χ1) is 4.61. The molecule has 0 saturated heterocycles. The van der Waals surface area contributed by atoms with Gasteiger partial charge in [0.2, 0.25) is 0 Å². The zero-order valence-corrected chi connectivity index (χ0v) is 6.25. The molecule has 0 aliphatic carbocycles. The van der Waals surface area contributed by atoms with Gasteiger partial charge in [0.1, 0.15) is 0 Å². The summed E-state index contributed by atoms with van der Waals surface area (Å²) in [4.78, 5) is 14.5. The van der Waals surface area contributed by atoms with Gasteiger partial charge in [-0.15, -0.1) is 0 Å². The summed E-state index contributed by atoms with van der Waals surface area (Å²) in [6.45, 7) is 3.59. The molecule has 0 unspecified atom stereocenters. The molecule has 0 bridgehead atoms. The lowest BCUT2D eigenvalue weighted by Gasteiger charge is -1.98. The van der Waals surface area contributed by atoms with E-state index in [9.17, 15) is 4.79 Å². The van der Waals surface area contributed by atoms with Gasteiger partial charge in [0.25, 0.3) is 0 Å². The van der Waals surface area contributed by atoms with Crippen LogP contribution in [0.25, 0.3) is 0 Å². The molecule has 1 heterocycles. The van der Waals surface area contributed by atoms with E-state index >= 15 is 0 Å². The molecule has 0 N–H and O–H groups in total. The van der Waals surface area contributed by atoms with E-state index in [4.69, 9.17) is 0 Å². The highest BCUT2D eigenvalue weighted by Gasteiger charge is 1.97. The molecule has 0 radical (unpaired) electrons. The Labute approximate surface area is 58.5 Å². The van der Waals surface area contributed by atoms with Crippen molar-refractivity contribution < 1.29 is 0 Å². The third-order valence-corrected chi connectivity index (χ3v) is 1.36. The van der Waals surface area contributed by atoms with Crippen LogP contribution in [0.3, 0.4) is 0 Å². The molecule has 1 aromatic rings. The predicted molar refractivity (Wildman–Crippen MR) is 36.7 cm³/mol. The van der Waals surface area contributed by atoms with E-state index in [1.165, 1.54) is 4.68 Å². The van der Waals surface area contributed by atoms with Crippen LogP contribution in [0.1, 0.15) is 11.4 Å². The summed E-state index contributed by atoms with van der Waals surface area (Å²) >= 11 is 0. The summed E-state index contributed by atoms with van der Waals surface area (Å²) < 4.78 is 1.22. The van der Waals surface area contributed by atoms with Gasteiger partial charge in [-0.2, -0.15) is 10.1 Å². The lowest BCUT2D eigenvalue weighted by molar-refractivity contribution is 0.650. The summed E-state index contributed by atoms with van der Waals surface area (Å²) in [6.07, 6.45) is 0. The molecule has 0 aliphatic rings. The van der Waals surface area contributed by atoms with Crippen molar-refractivity contribution in [2.75, 3.05) is 0 Å². The highest BCUT2D eigenvalue weighted by atomic mass is 16.1. The number of hydrogen-bond donors (Lipinski definition) is 0. The zero-order valence-electron chi connectivity index (χ0n) is 6.25. The Hall–Kier alpha value is -1.19. The van der Waals surface area contributed by atoms with Crippen LogP contribution in [0.4, 0.5) is 0 Å². The normalized spacial score (nSPS) is 9.90. The predicted octanol–water partition coefficient (Wildman–Crippen LogP) is -0.208. The molecule has 4 heteroatoms. The Bertz CT molecular complexity index is 302. The van der Waals surface area contributed by atoms with Crippen molar-refractivity contribution in [3.05, 3.63) is 21.9 Å². The van der Waals surface area contributed by atoms with E-state index in [0.717, 1.165) is 5.69 Å². The Morgan fingerprint density at radius 2 is 1.90 bits per heavy atom. The van der Waals surface area contributed by atoms with Gasteiger partial charge in [0.15, 0.2) is 0 Å². The highest BCUT2D eigenvalue weighted by Crippen LogP contribution is 1.91. The largest absolute Gasteiger partial charge is 0.363 e. The molecular weight excluding hydrogens is 130 g/mol. The SMILES string of the molecule is Cc1nc(=O)n(C)nc1C. The Morgan fingerprint density at radius 1 is 1.30 bits per heavy atom. The molecule has 0 atom stereocenters. The van der Waals surface area contributed by atoms with Crippen molar-refractivity contribution in [3.63, 3.8) is 0 Å². The van der Waals surface area contributed by atoms with Gasteiger partial charge in [-0.05, 0) is 13.8 Å². The monoisotopic (exact) mass is 139 g/mol. The molecule has 0 amide bonds. The van der Waals surface area contributed by atoms with Crippen LogP contribution in [0.2, 0.25) is 0 Å². The molecule has 0 aliphatic heterocycles. The van der Waals surface area contributed by atoms with Gasteiger partial charge in [-0.3, -0.25) is 0 Å². The van der Waals surface area contributed by atoms with Gasteiger partial charge in [0, 0.05) is 7.05 Å². The fourth-order valence-electron chi connectivity index (χ4n) is 0.637. The van der Waals surface area contributed by atoms with Crippen molar-refractivity contribution in [3.8, 4) is 0 Å². The third kappa shape index (κ3) is 1.05. The maximum Gasteiger partial charge on any atom is 0.363 e. The zero-order chi connectivity index (χ0) is 7.72. The van der Waals surface area contributed by atoms with Gasteiger partial charge in [-0.25, -0.2) is 9.48 Å². The smallest absolute Gasteiger partial charge is 0.244 e. The van der Waals surface area contributed by atoms with Crippen molar-refractivity contribution in [2.24, 2.45) is 7.05 Å². The number of aryl methyl sites for hydroxylation is 3. The number of aromatic nitrogens is 3. The summed E-state index contributed by atoms with van der Waals surface area (Å²) in [7, 11) is 1.59. The topological polar surface area (TPSA) is 47.8 Å². The first-order valence-electron chi connectivity index (χ1n) is 3.00. The second-order valence-electron chi connectivity index (χ2n) is 2.19. The molecule has 54 valence electrons. The van der Waals surface area contributed by atoms with Gasteiger partial charge in [-0.1, -0.05) is 0 Å². The minimum absolute atomic E-state index is 0.303. The average molecular weight is 139 g/mol. The lowest BCUT2D eigenvalue weighted by Crippen LogP contribution is -2.24. The molecule has 0 aromatic carbocycles. The van der Waals surface area contributed by atoms with Crippen LogP contribution in [0.5, 0.6) is 0 Å². The van der Waals surface area contributed by atoms with E-state index in [0.29, 0.717) is 5.69 Å². The molecule has 0 fully saturated rings. The Morgan fingerprint density at radius 3 is 2.40 bits per heavy atom. The van der Waals surface area contributed by atoms with Crippen molar-refractivity contribution >= 4 is 0 Å². The first kappa shape index (κ1) is 6.92. The van der Waals surface area contributed by atoms with Crippen molar-refractivity contribution in [1.29, 1.82) is 0 Å². The van der Waals surface area contributed by atoms with E-state index < -0.39 is 0 Å². The van der Waals surface area contributed by atoms with E-state index in [-0.39, 0.29) is 5.69 Å². The van der Waals surface area contributed by atoms with Gasteiger partial charge < -0.3 is 0 Å². The highest BCUT2D eigenvalue weighted by molar-refractivity contribution is 5.02.